The van der Waals surface area contributed by atoms with Crippen LogP contribution in [-0.4, -0.2) is 24.3 Å². The number of halogens is 2. The molecule has 0 amide bonds. The number of carbonyl (C=O) groups excluding carboxylic acids is 1. The maximum absolute atomic E-state index is 9.11. The molecule has 85 valence electrons. The molecule has 0 aromatic heterocycles. The first-order chi connectivity index (χ1) is 6.24. The molecule has 0 aromatic carbocycles. The minimum Gasteiger partial charge on any atom is 0 e. The van der Waals surface area contributed by atoms with Gasteiger partial charge in [-0.2, -0.15) is 6.42 Å². The number of aliphatic imine (C=N–C) groups is 1. The summed E-state index contributed by atoms with van der Waals surface area (Å²) in [7, 11) is 0.628. The van der Waals surface area contributed by atoms with Crippen molar-refractivity contribution in [3.63, 3.8) is 0 Å². The zero-order chi connectivity index (χ0) is 10.9. The fraction of sp³-hybridized carbons (Fsp3) is 0.714. The summed E-state index contributed by atoms with van der Waals surface area (Å²) in [6, 6.07) is 0. The Labute approximate surface area is 109 Å². The van der Waals surface area contributed by atoms with Crippen LogP contribution >= 0.6 is 40.0 Å². The standard InChI is InChI=1S/C4H9O.C3H5NO.2HI.3Rf.V/c1-2-3-4-5;1-2-4-3-5;;;;;;/h3,5H,2,4H2,1H3;2H2,1H3;2*1H;;;;/q-1;;;;;;;+2/p-2. The van der Waals surface area contributed by atoms with E-state index in [2.05, 4.69) is 45.0 Å². The number of aliphatic hydroxyl groups is 1. The fourth-order valence-corrected chi connectivity index (χ4v) is 0.194. The average molecular weight is 1250 g/mol. The van der Waals surface area contributed by atoms with E-state index in [1.807, 2.05) is 6.92 Å². The average Bonchev–Trinajstić information content (AvgIpc) is 2.09. The summed E-state index contributed by atoms with van der Waals surface area (Å²) in [5, 5.41) is 8.01. The van der Waals surface area contributed by atoms with Crippen LogP contribution in [0, 0.1) is 6.42 Å². The van der Waals surface area contributed by atoms with Gasteiger partial charge in [0.2, 0.25) is 6.08 Å². The molecule has 0 radical (unpaired) electrons. The van der Waals surface area contributed by atoms with Crippen LogP contribution < -0.4 is 0 Å². The van der Waals surface area contributed by atoms with Crippen molar-refractivity contribution in [3.8, 4) is 0 Å². The Bertz CT molecular complexity index is 120. The van der Waals surface area contributed by atoms with Crippen molar-refractivity contribution < 1.29 is 19.4 Å². The maximum Gasteiger partial charge on any atom is 0 e. The fourth-order valence-electron chi connectivity index (χ4n) is 0.194. The molecule has 0 bridgehead atoms. The first-order valence-corrected chi connectivity index (χ1v) is 12.6. The number of rotatable bonds is 3. The molecule has 0 saturated carbocycles. The summed E-state index contributed by atoms with van der Waals surface area (Å²) in [5.41, 5.74) is 0. The second-order valence-corrected chi connectivity index (χ2v) is 13.3. The molecule has 0 spiro atoms. The van der Waals surface area contributed by atoms with Gasteiger partial charge in [-0.05, 0) is 6.92 Å². The normalized spacial score (nSPS) is 5.31. The SMILES string of the molecule is CCN=C=O.CC[CH-]CO.[I][V][I].[Rf].[Rf].[Rf]. The van der Waals surface area contributed by atoms with Gasteiger partial charge in [0.1, 0.15) is 0 Å². The third kappa shape index (κ3) is 282. The van der Waals surface area contributed by atoms with Crippen molar-refractivity contribution in [2.24, 2.45) is 4.99 Å². The topological polar surface area (TPSA) is 49.7 Å². The molecule has 1 N–H and O–H groups in total. The van der Waals surface area contributed by atoms with Gasteiger partial charge >= 0.3 is 49.4 Å². The Morgan fingerprint density at radius 3 is 1.69 bits per heavy atom. The largest absolute Gasteiger partial charge is 0 e. The number of unbranched alkanes of at least 4 members (excludes halogenated alkanes) is 1. The molecule has 0 atom stereocenters. The minimum atomic E-state index is 0. The van der Waals surface area contributed by atoms with Crippen LogP contribution in [0.4, 0.5) is 0 Å². The van der Waals surface area contributed by atoms with E-state index >= 15 is 0 Å². The molecule has 0 rings (SSSR count). The van der Waals surface area contributed by atoms with Crippen molar-refractivity contribution >= 4 is 46.0 Å². The van der Waals surface area contributed by atoms with Gasteiger partial charge in [-0.3, -0.25) is 0 Å². The van der Waals surface area contributed by atoms with Gasteiger partial charge in [-0.15, -0.1) is 0 Å². The summed E-state index contributed by atoms with van der Waals surface area (Å²) in [6.45, 7) is 4.54. The molecule has 0 aromatic rings. The van der Waals surface area contributed by atoms with Gasteiger partial charge in [-0.1, -0.05) is 13.5 Å². The van der Waals surface area contributed by atoms with E-state index in [-0.39, 0.29) is 6.61 Å². The maximum atomic E-state index is 9.11. The number of hydrogen-bond donors (Lipinski definition) is 1. The predicted molar refractivity (Wildman–Crippen MR) is 68.4 cm³/mol. The number of isocyanates is 1. The zero-order valence-corrected chi connectivity index (χ0v) is 34.7. The van der Waals surface area contributed by atoms with Gasteiger partial charge in [0.15, 0.2) is 0 Å². The van der Waals surface area contributed by atoms with Crippen molar-refractivity contribution in [2.75, 3.05) is 13.2 Å². The minimum absolute atomic E-state index is 0. The second-order valence-electron chi connectivity index (χ2n) is 1.51. The Morgan fingerprint density at radius 1 is 1.31 bits per heavy atom. The molecule has 0 saturated heterocycles. The van der Waals surface area contributed by atoms with Crippen LogP contribution in [0.15, 0.2) is 4.99 Å². The Hall–Kier alpha value is -1.62. The van der Waals surface area contributed by atoms with Crippen molar-refractivity contribution in [1.29, 1.82) is 0 Å². The van der Waals surface area contributed by atoms with Crippen LogP contribution in [0.2, 0.25) is 0 Å². The van der Waals surface area contributed by atoms with Gasteiger partial charge in [0.25, 0.3) is 0 Å². The molecular weight excluding hydrogens is 1240 g/mol. The zero-order valence-electron chi connectivity index (χ0n) is 9.83. The van der Waals surface area contributed by atoms with Crippen LogP contribution in [0.25, 0.3) is 0 Å². The smallest absolute Gasteiger partial charge is 0 e. The third-order valence-electron chi connectivity index (χ3n) is 0.640. The summed E-state index contributed by atoms with van der Waals surface area (Å²) < 4.78 is 0. The van der Waals surface area contributed by atoms with E-state index in [0.717, 1.165) is 6.42 Å². The molecule has 0 fully saturated rings. The van der Waals surface area contributed by atoms with E-state index in [4.69, 9.17) is 9.90 Å². The first kappa shape index (κ1) is 36.7. The molecule has 16 heavy (non-hydrogen) atoms. The molecule has 0 aliphatic carbocycles. The van der Waals surface area contributed by atoms with Crippen LogP contribution in [0.5, 0.6) is 0 Å². The Morgan fingerprint density at radius 2 is 1.69 bits per heavy atom. The second kappa shape index (κ2) is 70.8. The molecule has 9 heteroatoms. The molecule has 0 heterocycles. The van der Waals surface area contributed by atoms with Crippen LogP contribution in [0.1, 0.15) is 20.3 Å². The monoisotopic (exact) mass is 1250 g/mol. The molecule has 0 unspecified atom stereocenters. The summed E-state index contributed by atoms with van der Waals surface area (Å²) in [6.07, 6.45) is 4.17. The Balaban J connectivity index is -0.0000000220. The van der Waals surface area contributed by atoms with E-state index in [9.17, 15) is 0 Å². The van der Waals surface area contributed by atoms with Crippen molar-refractivity contribution in [3.05, 3.63) is 6.42 Å². The van der Waals surface area contributed by atoms with E-state index in [0.29, 0.717) is 16.0 Å². The van der Waals surface area contributed by atoms with Crippen molar-refractivity contribution in [1.82, 2.24) is 0 Å². The molecule has 0 aliphatic rings. The molecule has 0 aliphatic heterocycles. The van der Waals surface area contributed by atoms with Gasteiger partial charge in [0, 0.05) is 6.54 Å². The molecular formula is C7H14I2NO2Rf3V-. The summed E-state index contributed by atoms with van der Waals surface area (Å²) in [5.74, 6) is 0. The number of hydrogen-bond acceptors (Lipinski definition) is 3. The molecule has 3 nitrogen and oxygen atoms in total. The van der Waals surface area contributed by atoms with Crippen LogP contribution in [-0.2, 0) is 14.3 Å². The van der Waals surface area contributed by atoms with E-state index < -0.39 is 0 Å². The van der Waals surface area contributed by atoms with E-state index in [1.165, 1.54) is 6.08 Å². The van der Waals surface area contributed by atoms with Gasteiger partial charge in [0.05, 0.1) is 0 Å². The number of nitrogens with zero attached hydrogens (tertiary/aromatic N) is 1. The quantitative estimate of drug-likeness (QED) is 0.205. The first-order valence-electron chi connectivity index (χ1n) is 3.63. The predicted octanol–water partition coefficient (Wildman–Crippen LogP) is 2.70. The number of aliphatic hydroxyl groups excluding tert-OH is 1. The summed E-state index contributed by atoms with van der Waals surface area (Å²) >= 11 is 4.74. The third-order valence-corrected chi connectivity index (χ3v) is 0.640. The Kier molecular flexibility index (Phi) is 162. The van der Waals surface area contributed by atoms with Gasteiger partial charge in [-0.25, -0.2) is 9.79 Å². The summed E-state index contributed by atoms with van der Waals surface area (Å²) in [4.78, 5) is 12.3. The van der Waals surface area contributed by atoms with E-state index in [1.54, 1.807) is 13.3 Å². The van der Waals surface area contributed by atoms with Crippen LogP contribution in [0.3, 0.4) is 0 Å². The van der Waals surface area contributed by atoms with Gasteiger partial charge < -0.3 is 11.5 Å². The van der Waals surface area contributed by atoms with Crippen molar-refractivity contribution in [2.45, 2.75) is 20.3 Å².